The second-order valence-corrected chi connectivity index (χ2v) is 12.5. The number of aryl methyl sites for hydroxylation is 1. The van der Waals surface area contributed by atoms with E-state index in [1.807, 2.05) is 0 Å². The molecule has 0 spiro atoms. The molecule has 2 heterocycles. The first-order chi connectivity index (χ1) is 15.2. The molecule has 4 rings (SSSR count). The van der Waals surface area contributed by atoms with Crippen LogP contribution in [0.25, 0.3) is 0 Å². The van der Waals surface area contributed by atoms with Crippen LogP contribution >= 0.6 is 0 Å². The number of piperidine rings is 1. The summed E-state index contributed by atoms with van der Waals surface area (Å²) in [6, 6.07) is 11.5. The SMILES string of the molecule is CS(=O)(=O)c1ccc2c(c1)CCCN2C(=O)Cc1ccc(S(=O)(=O)N2CCCCC2)cc1. The lowest BCUT2D eigenvalue weighted by Gasteiger charge is -2.30. The summed E-state index contributed by atoms with van der Waals surface area (Å²) in [4.78, 5) is 15.2. The highest BCUT2D eigenvalue weighted by Crippen LogP contribution is 2.30. The molecule has 0 radical (unpaired) electrons. The summed E-state index contributed by atoms with van der Waals surface area (Å²) in [7, 11) is -6.80. The number of rotatable bonds is 5. The number of hydrogen-bond donors (Lipinski definition) is 0. The molecule has 2 aromatic rings. The molecular formula is C23H28N2O5S2. The van der Waals surface area contributed by atoms with Crippen LogP contribution in [0.5, 0.6) is 0 Å². The van der Waals surface area contributed by atoms with E-state index in [9.17, 15) is 21.6 Å². The molecule has 0 aliphatic carbocycles. The minimum atomic E-state index is -3.50. The van der Waals surface area contributed by atoms with Crippen LogP contribution in [0, 0.1) is 0 Å². The number of carbonyl (C=O) groups excluding carboxylic acids is 1. The maximum atomic E-state index is 13.0. The minimum Gasteiger partial charge on any atom is -0.312 e. The van der Waals surface area contributed by atoms with E-state index in [2.05, 4.69) is 0 Å². The molecule has 1 saturated heterocycles. The van der Waals surface area contributed by atoms with E-state index in [4.69, 9.17) is 0 Å². The summed E-state index contributed by atoms with van der Waals surface area (Å²) in [5.74, 6) is -0.0929. The Bertz CT molecular complexity index is 1220. The average molecular weight is 477 g/mol. The fourth-order valence-corrected chi connectivity index (χ4v) is 6.56. The highest BCUT2D eigenvalue weighted by Gasteiger charge is 2.27. The maximum Gasteiger partial charge on any atom is 0.243 e. The smallest absolute Gasteiger partial charge is 0.243 e. The van der Waals surface area contributed by atoms with Crippen molar-refractivity contribution in [3.8, 4) is 0 Å². The largest absolute Gasteiger partial charge is 0.312 e. The van der Waals surface area contributed by atoms with Crippen molar-refractivity contribution in [2.24, 2.45) is 0 Å². The zero-order valence-electron chi connectivity index (χ0n) is 18.2. The predicted octanol–water partition coefficient (Wildman–Crippen LogP) is 2.79. The van der Waals surface area contributed by atoms with Gasteiger partial charge >= 0.3 is 0 Å². The number of carbonyl (C=O) groups is 1. The first-order valence-corrected chi connectivity index (χ1v) is 14.2. The topological polar surface area (TPSA) is 91.8 Å². The van der Waals surface area contributed by atoms with Crippen molar-refractivity contribution >= 4 is 31.5 Å². The Kier molecular flexibility index (Phi) is 6.42. The van der Waals surface area contributed by atoms with Gasteiger partial charge in [-0.25, -0.2) is 16.8 Å². The predicted molar refractivity (Wildman–Crippen MR) is 123 cm³/mol. The van der Waals surface area contributed by atoms with Gasteiger partial charge in [-0.3, -0.25) is 4.79 Å². The monoisotopic (exact) mass is 476 g/mol. The van der Waals surface area contributed by atoms with Gasteiger partial charge in [-0.15, -0.1) is 0 Å². The second kappa shape index (κ2) is 8.96. The standard InChI is InChI=1S/C23H28N2O5S2/c1-31(27,28)21-11-12-22-19(17-21)6-5-15-25(22)23(26)16-18-7-9-20(10-8-18)32(29,30)24-13-3-2-4-14-24/h7-12,17H,2-6,13-16H2,1H3. The molecule has 1 amide bonds. The third-order valence-electron chi connectivity index (χ3n) is 6.13. The molecule has 0 aromatic heterocycles. The van der Waals surface area contributed by atoms with Crippen molar-refractivity contribution in [1.29, 1.82) is 0 Å². The summed E-state index contributed by atoms with van der Waals surface area (Å²) in [5.41, 5.74) is 2.35. The highest BCUT2D eigenvalue weighted by molar-refractivity contribution is 7.90. The van der Waals surface area contributed by atoms with E-state index in [0.29, 0.717) is 19.6 Å². The van der Waals surface area contributed by atoms with E-state index in [-0.39, 0.29) is 22.1 Å². The zero-order valence-corrected chi connectivity index (χ0v) is 19.8. The Morgan fingerprint density at radius 3 is 2.16 bits per heavy atom. The lowest BCUT2D eigenvalue weighted by atomic mass is 10.0. The molecule has 172 valence electrons. The van der Waals surface area contributed by atoms with Gasteiger partial charge < -0.3 is 4.90 Å². The van der Waals surface area contributed by atoms with Crippen molar-refractivity contribution in [3.63, 3.8) is 0 Å². The van der Waals surface area contributed by atoms with Crippen molar-refractivity contribution in [2.45, 2.75) is 48.3 Å². The normalized spacial score (nSPS) is 17.7. The molecule has 32 heavy (non-hydrogen) atoms. The van der Waals surface area contributed by atoms with Gasteiger partial charge in [0, 0.05) is 31.6 Å². The van der Waals surface area contributed by atoms with Gasteiger partial charge in [0.15, 0.2) is 9.84 Å². The number of benzene rings is 2. The van der Waals surface area contributed by atoms with Gasteiger partial charge in [0.1, 0.15) is 0 Å². The summed E-state index contributed by atoms with van der Waals surface area (Å²) >= 11 is 0. The lowest BCUT2D eigenvalue weighted by Crippen LogP contribution is -2.36. The number of sulfonamides is 1. The van der Waals surface area contributed by atoms with Crippen LogP contribution in [0.2, 0.25) is 0 Å². The molecule has 9 heteroatoms. The van der Waals surface area contributed by atoms with Crippen LogP contribution in [-0.4, -0.2) is 52.9 Å². The second-order valence-electron chi connectivity index (χ2n) is 8.50. The van der Waals surface area contributed by atoms with Crippen LogP contribution in [0.15, 0.2) is 52.3 Å². The Hall–Kier alpha value is -2.23. The Labute approximate surface area is 190 Å². The van der Waals surface area contributed by atoms with Gasteiger partial charge in [-0.1, -0.05) is 18.6 Å². The molecule has 0 atom stereocenters. The molecule has 0 unspecified atom stereocenters. The molecule has 7 nitrogen and oxygen atoms in total. The van der Waals surface area contributed by atoms with Gasteiger partial charge in [0.25, 0.3) is 0 Å². The van der Waals surface area contributed by atoms with Crippen molar-refractivity contribution in [2.75, 3.05) is 30.8 Å². The summed E-state index contributed by atoms with van der Waals surface area (Å²) in [5, 5.41) is 0. The van der Waals surface area contributed by atoms with Gasteiger partial charge in [0.05, 0.1) is 16.2 Å². The maximum absolute atomic E-state index is 13.0. The third-order valence-corrected chi connectivity index (χ3v) is 9.15. The quantitative estimate of drug-likeness (QED) is 0.662. The Morgan fingerprint density at radius 1 is 0.844 bits per heavy atom. The molecule has 2 aliphatic rings. The third kappa shape index (κ3) is 4.74. The zero-order chi connectivity index (χ0) is 22.9. The Morgan fingerprint density at radius 2 is 1.50 bits per heavy atom. The van der Waals surface area contributed by atoms with E-state index in [1.54, 1.807) is 47.4 Å². The van der Waals surface area contributed by atoms with Crippen LogP contribution in [-0.2, 0) is 37.5 Å². The molecule has 2 aromatic carbocycles. The van der Waals surface area contributed by atoms with Crippen LogP contribution in [0.3, 0.4) is 0 Å². The molecule has 0 N–H and O–H groups in total. The summed E-state index contributed by atoms with van der Waals surface area (Å²) in [6.07, 6.45) is 5.64. The fourth-order valence-electron chi connectivity index (χ4n) is 4.37. The first-order valence-electron chi connectivity index (χ1n) is 10.9. The lowest BCUT2D eigenvalue weighted by molar-refractivity contribution is -0.118. The number of sulfone groups is 1. The van der Waals surface area contributed by atoms with E-state index >= 15 is 0 Å². The summed E-state index contributed by atoms with van der Waals surface area (Å²) in [6.45, 7) is 1.68. The van der Waals surface area contributed by atoms with Gasteiger partial charge in [-0.2, -0.15) is 4.31 Å². The van der Waals surface area contributed by atoms with E-state index in [0.717, 1.165) is 48.9 Å². The molecule has 0 bridgehead atoms. The summed E-state index contributed by atoms with van der Waals surface area (Å²) < 4.78 is 50.9. The number of amides is 1. The molecule has 0 saturated carbocycles. The van der Waals surface area contributed by atoms with Crippen LogP contribution < -0.4 is 4.90 Å². The minimum absolute atomic E-state index is 0.0929. The molecular weight excluding hydrogens is 448 g/mol. The fraction of sp³-hybridized carbons (Fsp3) is 0.435. The average Bonchev–Trinajstić information content (AvgIpc) is 2.78. The number of hydrogen-bond acceptors (Lipinski definition) is 5. The first kappa shape index (κ1) is 22.9. The molecule has 2 aliphatic heterocycles. The Balaban J connectivity index is 1.49. The van der Waals surface area contributed by atoms with E-state index < -0.39 is 19.9 Å². The van der Waals surface area contributed by atoms with Crippen LogP contribution in [0.4, 0.5) is 5.69 Å². The number of anilines is 1. The van der Waals surface area contributed by atoms with E-state index in [1.165, 1.54) is 10.6 Å². The highest BCUT2D eigenvalue weighted by atomic mass is 32.2. The van der Waals surface area contributed by atoms with Crippen molar-refractivity contribution in [1.82, 2.24) is 4.31 Å². The number of nitrogens with zero attached hydrogens (tertiary/aromatic N) is 2. The van der Waals surface area contributed by atoms with Gasteiger partial charge in [0.2, 0.25) is 15.9 Å². The number of fused-ring (bicyclic) bond motifs is 1. The van der Waals surface area contributed by atoms with Crippen molar-refractivity contribution in [3.05, 3.63) is 53.6 Å². The molecule has 1 fully saturated rings. The van der Waals surface area contributed by atoms with Crippen molar-refractivity contribution < 1.29 is 21.6 Å². The van der Waals surface area contributed by atoms with Crippen LogP contribution in [0.1, 0.15) is 36.8 Å². The van der Waals surface area contributed by atoms with Gasteiger partial charge in [-0.05, 0) is 67.1 Å².